The van der Waals surface area contributed by atoms with Crippen molar-refractivity contribution in [3.8, 4) is 0 Å². The first kappa shape index (κ1) is 14.2. The number of piperazine rings is 1. The van der Waals surface area contributed by atoms with Gasteiger partial charge in [-0.3, -0.25) is 4.99 Å². The highest BCUT2D eigenvalue weighted by Crippen LogP contribution is 2.21. The first-order valence-electron chi connectivity index (χ1n) is 7.75. The van der Waals surface area contributed by atoms with Crippen molar-refractivity contribution in [3.05, 3.63) is 30.1 Å². The Hall–Kier alpha value is -1.78. The Morgan fingerprint density at radius 3 is 2.48 bits per heavy atom. The van der Waals surface area contributed by atoms with Gasteiger partial charge in [0.1, 0.15) is 5.82 Å². The summed E-state index contributed by atoms with van der Waals surface area (Å²) in [7, 11) is 1.84. The van der Waals surface area contributed by atoms with E-state index >= 15 is 0 Å². The molecule has 0 spiro atoms. The van der Waals surface area contributed by atoms with Crippen LogP contribution in [-0.2, 0) is 0 Å². The van der Waals surface area contributed by atoms with Crippen molar-refractivity contribution in [1.29, 1.82) is 0 Å². The lowest BCUT2D eigenvalue weighted by Crippen LogP contribution is -2.55. The van der Waals surface area contributed by atoms with E-state index in [-0.39, 0.29) is 5.82 Å². The van der Waals surface area contributed by atoms with Crippen LogP contribution < -0.4 is 10.2 Å². The molecule has 2 aliphatic rings. The van der Waals surface area contributed by atoms with Crippen molar-refractivity contribution in [2.24, 2.45) is 4.99 Å². The Bertz CT molecular complexity index is 505. The molecule has 0 radical (unpaired) electrons. The Kier molecular flexibility index (Phi) is 4.27. The van der Waals surface area contributed by atoms with Crippen LogP contribution in [0.25, 0.3) is 0 Å². The summed E-state index contributed by atoms with van der Waals surface area (Å²) in [6.07, 6.45) is 3.80. The van der Waals surface area contributed by atoms with E-state index in [0.29, 0.717) is 11.7 Å². The van der Waals surface area contributed by atoms with E-state index in [1.165, 1.54) is 25.3 Å². The molecule has 0 unspecified atom stereocenters. The Morgan fingerprint density at radius 2 is 1.90 bits per heavy atom. The molecule has 5 heteroatoms. The molecule has 1 N–H and O–H groups in total. The fourth-order valence-corrected chi connectivity index (χ4v) is 2.90. The van der Waals surface area contributed by atoms with Gasteiger partial charge >= 0.3 is 0 Å². The molecular weight excluding hydrogens is 267 g/mol. The molecule has 1 saturated heterocycles. The first-order chi connectivity index (χ1) is 10.3. The van der Waals surface area contributed by atoms with Gasteiger partial charge in [0.25, 0.3) is 0 Å². The number of nitrogens with zero attached hydrogens (tertiary/aromatic N) is 3. The summed E-state index contributed by atoms with van der Waals surface area (Å²) in [6, 6.07) is 7.60. The summed E-state index contributed by atoms with van der Waals surface area (Å²) in [5.41, 5.74) is 0.707. The number of guanidine groups is 1. The molecule has 1 heterocycles. The van der Waals surface area contributed by atoms with Gasteiger partial charge in [0.05, 0.1) is 5.69 Å². The summed E-state index contributed by atoms with van der Waals surface area (Å²) in [6.45, 7) is 3.40. The van der Waals surface area contributed by atoms with Crippen LogP contribution in [0.2, 0.25) is 0 Å². The maximum Gasteiger partial charge on any atom is 0.193 e. The number of halogens is 1. The third-order valence-electron chi connectivity index (χ3n) is 4.42. The molecule has 0 aromatic heterocycles. The van der Waals surface area contributed by atoms with Crippen LogP contribution in [0.4, 0.5) is 10.1 Å². The van der Waals surface area contributed by atoms with Crippen molar-refractivity contribution < 1.29 is 4.39 Å². The number of aliphatic imine (C=N–C) groups is 1. The molecule has 1 aromatic rings. The third kappa shape index (κ3) is 3.12. The lowest BCUT2D eigenvalue weighted by molar-refractivity contribution is 0.331. The molecule has 1 saturated carbocycles. The molecule has 3 rings (SSSR count). The maximum absolute atomic E-state index is 13.8. The number of para-hydroxylation sites is 1. The molecule has 1 aliphatic carbocycles. The van der Waals surface area contributed by atoms with Crippen LogP contribution in [0.1, 0.15) is 19.3 Å². The van der Waals surface area contributed by atoms with Gasteiger partial charge in [-0.25, -0.2) is 4.39 Å². The number of rotatable bonds is 2. The first-order valence-corrected chi connectivity index (χ1v) is 7.75. The molecule has 1 aromatic carbocycles. The van der Waals surface area contributed by atoms with Crippen LogP contribution in [-0.4, -0.2) is 50.1 Å². The number of anilines is 1. The minimum atomic E-state index is -0.136. The predicted octanol–water partition coefficient (Wildman–Crippen LogP) is 2.08. The quantitative estimate of drug-likeness (QED) is 0.668. The highest BCUT2D eigenvalue weighted by atomic mass is 19.1. The van der Waals surface area contributed by atoms with Gasteiger partial charge in [-0.1, -0.05) is 12.1 Å². The molecule has 4 nitrogen and oxygen atoms in total. The summed E-state index contributed by atoms with van der Waals surface area (Å²) in [5.74, 6) is 0.857. The molecule has 0 atom stereocenters. The zero-order chi connectivity index (χ0) is 14.7. The van der Waals surface area contributed by atoms with Gasteiger partial charge in [-0.05, 0) is 31.4 Å². The van der Waals surface area contributed by atoms with Crippen LogP contribution in [0.3, 0.4) is 0 Å². The minimum Gasteiger partial charge on any atom is -0.366 e. The molecule has 0 amide bonds. The van der Waals surface area contributed by atoms with E-state index in [4.69, 9.17) is 0 Å². The number of benzene rings is 1. The topological polar surface area (TPSA) is 30.9 Å². The van der Waals surface area contributed by atoms with E-state index in [2.05, 4.69) is 20.1 Å². The van der Waals surface area contributed by atoms with Gasteiger partial charge in [-0.2, -0.15) is 0 Å². The Labute approximate surface area is 125 Å². The van der Waals surface area contributed by atoms with Crippen LogP contribution in [0, 0.1) is 5.82 Å². The standard InChI is InChI=1S/C16H23FN4/c1-18-16(19-13-5-4-6-13)21-11-9-20(10-12-21)15-8-3-2-7-14(15)17/h2-3,7-8,13H,4-6,9-12H2,1H3,(H,18,19). The average Bonchev–Trinajstić information content (AvgIpc) is 2.47. The summed E-state index contributed by atoms with van der Waals surface area (Å²) in [4.78, 5) is 8.77. The minimum absolute atomic E-state index is 0.136. The van der Waals surface area contributed by atoms with Crippen molar-refractivity contribution in [1.82, 2.24) is 10.2 Å². The fourth-order valence-electron chi connectivity index (χ4n) is 2.90. The van der Waals surface area contributed by atoms with E-state index in [0.717, 1.165) is 32.1 Å². The average molecular weight is 290 g/mol. The second-order valence-electron chi connectivity index (χ2n) is 5.74. The van der Waals surface area contributed by atoms with Crippen molar-refractivity contribution in [2.45, 2.75) is 25.3 Å². The van der Waals surface area contributed by atoms with E-state index in [9.17, 15) is 4.39 Å². The van der Waals surface area contributed by atoms with Gasteiger partial charge in [0.15, 0.2) is 5.96 Å². The van der Waals surface area contributed by atoms with E-state index in [1.807, 2.05) is 19.2 Å². The highest BCUT2D eigenvalue weighted by molar-refractivity contribution is 5.80. The molecule has 1 aliphatic heterocycles. The van der Waals surface area contributed by atoms with Crippen LogP contribution in [0.15, 0.2) is 29.3 Å². The number of hydrogen-bond donors (Lipinski definition) is 1. The summed E-state index contributed by atoms with van der Waals surface area (Å²) >= 11 is 0. The second-order valence-corrected chi connectivity index (χ2v) is 5.74. The van der Waals surface area contributed by atoms with Crippen molar-refractivity contribution in [3.63, 3.8) is 0 Å². The lowest BCUT2D eigenvalue weighted by Gasteiger charge is -2.39. The molecule has 0 bridgehead atoms. The van der Waals surface area contributed by atoms with Crippen LogP contribution >= 0.6 is 0 Å². The van der Waals surface area contributed by atoms with Gasteiger partial charge in [-0.15, -0.1) is 0 Å². The smallest absolute Gasteiger partial charge is 0.193 e. The normalized spacial score (nSPS) is 20.4. The summed E-state index contributed by atoms with van der Waals surface area (Å²) < 4.78 is 13.8. The molecule has 21 heavy (non-hydrogen) atoms. The Balaban J connectivity index is 1.58. The zero-order valence-corrected chi connectivity index (χ0v) is 12.6. The van der Waals surface area contributed by atoms with Crippen molar-refractivity contribution >= 4 is 11.6 Å². The van der Waals surface area contributed by atoms with Crippen molar-refractivity contribution in [2.75, 3.05) is 38.1 Å². The number of nitrogens with one attached hydrogen (secondary N) is 1. The van der Waals surface area contributed by atoms with E-state index < -0.39 is 0 Å². The maximum atomic E-state index is 13.8. The zero-order valence-electron chi connectivity index (χ0n) is 12.6. The third-order valence-corrected chi connectivity index (χ3v) is 4.42. The summed E-state index contributed by atoms with van der Waals surface area (Å²) in [5, 5.41) is 3.52. The molecule has 114 valence electrons. The van der Waals surface area contributed by atoms with Gasteiger partial charge in [0.2, 0.25) is 0 Å². The molecule has 2 fully saturated rings. The van der Waals surface area contributed by atoms with Gasteiger partial charge in [0, 0.05) is 39.3 Å². The number of hydrogen-bond acceptors (Lipinski definition) is 2. The molecular formula is C16H23FN4. The lowest BCUT2D eigenvalue weighted by atomic mass is 9.93. The van der Waals surface area contributed by atoms with Crippen LogP contribution in [0.5, 0.6) is 0 Å². The highest BCUT2D eigenvalue weighted by Gasteiger charge is 2.24. The fraction of sp³-hybridized carbons (Fsp3) is 0.562. The Morgan fingerprint density at radius 1 is 1.19 bits per heavy atom. The predicted molar refractivity (Wildman–Crippen MR) is 84.3 cm³/mol. The SMILES string of the molecule is CN=C(NC1CCC1)N1CCN(c2ccccc2F)CC1. The monoisotopic (exact) mass is 290 g/mol. The van der Waals surface area contributed by atoms with E-state index in [1.54, 1.807) is 6.07 Å². The second kappa shape index (κ2) is 6.33. The largest absolute Gasteiger partial charge is 0.366 e. The van der Waals surface area contributed by atoms with Gasteiger partial charge < -0.3 is 15.1 Å².